The first-order valence-corrected chi connectivity index (χ1v) is 4.51. The van der Waals surface area contributed by atoms with Crippen LogP contribution in [0.5, 0.6) is 0 Å². The Labute approximate surface area is 70.1 Å². The van der Waals surface area contributed by atoms with Gasteiger partial charge in [-0.15, -0.1) is 6.58 Å². The van der Waals surface area contributed by atoms with Crippen molar-refractivity contribution in [3.63, 3.8) is 0 Å². The van der Waals surface area contributed by atoms with Crippen molar-refractivity contribution in [1.29, 1.82) is 0 Å². The van der Waals surface area contributed by atoms with Gasteiger partial charge in [0.05, 0.1) is 0 Å². The first kappa shape index (κ1) is 8.79. The molecule has 1 aliphatic heterocycles. The van der Waals surface area contributed by atoms with Crippen molar-refractivity contribution >= 4 is 0 Å². The minimum Gasteiger partial charge on any atom is -0.296 e. The molecule has 0 N–H and O–H groups in total. The van der Waals surface area contributed by atoms with Crippen molar-refractivity contribution in [3.05, 3.63) is 12.7 Å². The lowest BCUT2D eigenvalue weighted by molar-refractivity contribution is 0.0107. The van der Waals surface area contributed by atoms with Crippen LogP contribution in [-0.2, 0) is 0 Å². The third-order valence-electron chi connectivity index (χ3n) is 2.86. The van der Waals surface area contributed by atoms with Gasteiger partial charge >= 0.3 is 0 Å². The smallest absolute Gasteiger partial charge is 0.0163 e. The van der Waals surface area contributed by atoms with E-state index >= 15 is 0 Å². The largest absolute Gasteiger partial charge is 0.296 e. The van der Waals surface area contributed by atoms with Crippen LogP contribution >= 0.6 is 0 Å². The van der Waals surface area contributed by atoms with Crippen molar-refractivity contribution in [2.24, 2.45) is 11.8 Å². The van der Waals surface area contributed by atoms with Gasteiger partial charge < -0.3 is 0 Å². The molecule has 0 bridgehead atoms. The molecule has 0 spiro atoms. The van der Waals surface area contributed by atoms with E-state index in [0.29, 0.717) is 0 Å². The Morgan fingerprint density at radius 2 is 2.27 bits per heavy atom. The average Bonchev–Trinajstić information content (AvgIpc) is 1.95. The van der Waals surface area contributed by atoms with Gasteiger partial charge in [-0.25, -0.2) is 0 Å². The number of nitrogens with zero attached hydrogens (tertiary/aromatic N) is 1. The molecule has 1 fully saturated rings. The summed E-state index contributed by atoms with van der Waals surface area (Å²) in [6, 6.07) is 0.771. The van der Waals surface area contributed by atoms with Gasteiger partial charge in [0.25, 0.3) is 0 Å². The summed E-state index contributed by atoms with van der Waals surface area (Å²) >= 11 is 0. The van der Waals surface area contributed by atoms with E-state index < -0.39 is 0 Å². The fourth-order valence-electron chi connectivity index (χ4n) is 1.90. The molecule has 0 saturated carbocycles. The Kier molecular flexibility index (Phi) is 2.72. The lowest BCUT2D eigenvalue weighted by Crippen LogP contribution is -2.56. The maximum atomic E-state index is 3.75. The predicted molar refractivity (Wildman–Crippen MR) is 49.6 cm³/mol. The summed E-state index contributed by atoms with van der Waals surface area (Å²) in [6.45, 7) is 13.0. The second kappa shape index (κ2) is 3.40. The van der Waals surface area contributed by atoms with Crippen LogP contribution in [-0.4, -0.2) is 24.0 Å². The molecule has 0 aliphatic carbocycles. The van der Waals surface area contributed by atoms with E-state index in [4.69, 9.17) is 0 Å². The molecule has 1 nitrogen and oxygen atoms in total. The minimum atomic E-state index is 0.771. The van der Waals surface area contributed by atoms with Gasteiger partial charge in [-0.05, 0) is 18.8 Å². The highest BCUT2D eigenvalue weighted by Crippen LogP contribution is 2.30. The fraction of sp³-hybridized carbons (Fsp3) is 0.800. The lowest BCUT2D eigenvalue weighted by atomic mass is 9.81. The number of likely N-dealkylation sites (tertiary alicyclic amines) is 1. The summed E-state index contributed by atoms with van der Waals surface area (Å²) in [5, 5.41) is 0. The predicted octanol–water partition coefficient (Wildman–Crippen LogP) is 2.15. The molecular weight excluding hydrogens is 134 g/mol. The van der Waals surface area contributed by atoms with Crippen molar-refractivity contribution in [3.8, 4) is 0 Å². The van der Waals surface area contributed by atoms with Crippen LogP contribution in [0.25, 0.3) is 0 Å². The minimum absolute atomic E-state index is 0.771. The van der Waals surface area contributed by atoms with E-state index in [9.17, 15) is 0 Å². The Morgan fingerprint density at radius 3 is 2.64 bits per heavy atom. The molecule has 0 radical (unpaired) electrons. The van der Waals surface area contributed by atoms with Crippen molar-refractivity contribution in [2.45, 2.75) is 26.8 Å². The molecule has 64 valence electrons. The van der Waals surface area contributed by atoms with Crippen molar-refractivity contribution in [2.75, 3.05) is 13.1 Å². The summed E-state index contributed by atoms with van der Waals surface area (Å²) < 4.78 is 0. The molecule has 1 aliphatic rings. The van der Waals surface area contributed by atoms with Crippen molar-refractivity contribution in [1.82, 2.24) is 4.90 Å². The quantitative estimate of drug-likeness (QED) is 0.561. The molecule has 0 aromatic carbocycles. The summed E-state index contributed by atoms with van der Waals surface area (Å²) in [7, 11) is 0. The van der Waals surface area contributed by atoms with Gasteiger partial charge in [0.2, 0.25) is 0 Å². The maximum Gasteiger partial charge on any atom is 0.0163 e. The molecule has 11 heavy (non-hydrogen) atoms. The summed E-state index contributed by atoms with van der Waals surface area (Å²) in [4.78, 5) is 2.47. The highest BCUT2D eigenvalue weighted by molar-refractivity contribution is 4.92. The van der Waals surface area contributed by atoms with E-state index in [0.717, 1.165) is 24.4 Å². The molecule has 1 saturated heterocycles. The molecular formula is C10H19N. The maximum absolute atomic E-state index is 3.75. The lowest BCUT2D eigenvalue weighted by Gasteiger charge is -2.48. The Morgan fingerprint density at radius 1 is 1.64 bits per heavy atom. The first-order chi connectivity index (χ1) is 5.16. The average molecular weight is 153 g/mol. The monoisotopic (exact) mass is 153 g/mol. The number of rotatable bonds is 3. The van der Waals surface area contributed by atoms with Gasteiger partial charge in [0.1, 0.15) is 0 Å². The van der Waals surface area contributed by atoms with E-state index in [-0.39, 0.29) is 0 Å². The highest BCUT2D eigenvalue weighted by Gasteiger charge is 2.35. The van der Waals surface area contributed by atoms with Gasteiger partial charge in [-0.1, -0.05) is 19.9 Å². The van der Waals surface area contributed by atoms with Crippen LogP contribution in [0.1, 0.15) is 20.8 Å². The van der Waals surface area contributed by atoms with Crippen LogP contribution in [0.15, 0.2) is 12.7 Å². The van der Waals surface area contributed by atoms with Crippen molar-refractivity contribution < 1.29 is 0 Å². The van der Waals surface area contributed by atoms with Gasteiger partial charge in [-0.3, -0.25) is 4.90 Å². The highest BCUT2D eigenvalue weighted by atomic mass is 15.2. The van der Waals surface area contributed by atoms with Crippen LogP contribution < -0.4 is 0 Å². The Bertz CT molecular complexity index is 140. The normalized spacial score (nSPS) is 32.0. The second-order valence-electron chi connectivity index (χ2n) is 3.89. The summed E-state index contributed by atoms with van der Waals surface area (Å²) in [5.74, 6) is 1.75. The van der Waals surface area contributed by atoms with Crippen LogP contribution in [0.4, 0.5) is 0 Å². The Balaban J connectivity index is 2.31. The Hall–Kier alpha value is -0.300. The molecule has 0 aromatic rings. The zero-order valence-corrected chi connectivity index (χ0v) is 7.88. The molecule has 0 aromatic heterocycles. The summed E-state index contributed by atoms with van der Waals surface area (Å²) in [6.07, 6.45) is 1.99. The van der Waals surface area contributed by atoms with E-state index in [1.54, 1.807) is 0 Å². The van der Waals surface area contributed by atoms with Gasteiger partial charge in [0.15, 0.2) is 0 Å². The number of hydrogen-bond acceptors (Lipinski definition) is 1. The standard InChI is InChI=1S/C10H19N/c1-5-6-11-7-10(8(2)3)9(11)4/h5,8-10H,1,6-7H2,2-4H3. The molecule has 0 amide bonds. The third-order valence-corrected chi connectivity index (χ3v) is 2.86. The molecule has 1 rings (SSSR count). The molecule has 1 heteroatoms. The molecule has 2 atom stereocenters. The fourth-order valence-corrected chi connectivity index (χ4v) is 1.90. The number of hydrogen-bond donors (Lipinski definition) is 0. The summed E-state index contributed by atoms with van der Waals surface area (Å²) in [5.41, 5.74) is 0. The van der Waals surface area contributed by atoms with E-state index in [1.165, 1.54) is 6.54 Å². The zero-order chi connectivity index (χ0) is 8.43. The van der Waals surface area contributed by atoms with E-state index in [2.05, 4.69) is 32.3 Å². The zero-order valence-electron chi connectivity index (χ0n) is 7.88. The second-order valence-corrected chi connectivity index (χ2v) is 3.89. The third kappa shape index (κ3) is 1.64. The molecule has 2 unspecified atom stereocenters. The van der Waals surface area contributed by atoms with Gasteiger partial charge in [-0.2, -0.15) is 0 Å². The van der Waals surface area contributed by atoms with E-state index in [1.807, 2.05) is 6.08 Å². The molecule has 1 heterocycles. The van der Waals surface area contributed by atoms with Crippen LogP contribution in [0, 0.1) is 11.8 Å². The topological polar surface area (TPSA) is 3.24 Å². The van der Waals surface area contributed by atoms with Crippen LogP contribution in [0.3, 0.4) is 0 Å². The van der Waals surface area contributed by atoms with Gasteiger partial charge in [0, 0.05) is 19.1 Å². The first-order valence-electron chi connectivity index (χ1n) is 4.51. The van der Waals surface area contributed by atoms with Crippen LogP contribution in [0.2, 0.25) is 0 Å². The SMILES string of the molecule is C=CCN1CC(C(C)C)C1C.